The van der Waals surface area contributed by atoms with Crippen molar-refractivity contribution < 1.29 is 52.1 Å². The summed E-state index contributed by atoms with van der Waals surface area (Å²) in [4.78, 5) is 70.2. The van der Waals surface area contributed by atoms with E-state index in [1.54, 1.807) is 66.7 Å². The number of aromatic hydroxyl groups is 1. The van der Waals surface area contributed by atoms with Crippen molar-refractivity contribution in [3.63, 3.8) is 0 Å². The van der Waals surface area contributed by atoms with Gasteiger partial charge in [0.25, 0.3) is 0 Å². The first kappa shape index (κ1) is 35.9. The number of phenolic OH excluding ortho intramolecular Hbond substituents is 1. The zero-order valence-electron chi connectivity index (χ0n) is 28.4. The monoisotopic (exact) mass is 727 g/mol. The van der Waals surface area contributed by atoms with E-state index in [1.165, 1.54) is 11.0 Å². The number of aliphatic carboxylic acids is 1. The minimum atomic E-state index is -5.07. The number of carboxylic acid groups (broad SMARTS) is 1. The van der Waals surface area contributed by atoms with Crippen LogP contribution in [-0.4, -0.2) is 57.4 Å². The second-order valence-electron chi connectivity index (χ2n) is 14.1. The summed E-state index contributed by atoms with van der Waals surface area (Å²) in [7, 11) is 0. The Hall–Kier alpha value is -5.52. The van der Waals surface area contributed by atoms with E-state index in [0.29, 0.717) is 36.0 Å². The fraction of sp³-hybridized carbons (Fsp3) is 0.341. The van der Waals surface area contributed by atoms with Crippen molar-refractivity contribution in [2.24, 2.45) is 23.7 Å². The summed E-state index contributed by atoms with van der Waals surface area (Å²) in [6, 6.07) is 20.2. The standard InChI is InChI=1S/C41H36F3NO8/c42-41(43,44)53-25-15-18-32(46)30(20-25)36-26-16-17-27-35(39(52)45(38(27)51)19-9-3-8-14-34(48)49)29(26)21-31-37(50)28(23-10-4-1-5-11-23)22-33(47)40(31,36)24-12-6-2-7-13-24/h1-2,4-7,10-13,15-16,18,20,22,27,29,31,35-36,46H,3,8-9,14,17,19,21H2,(H,48,49). The number of unbranched alkanes of at least 4 members (excludes halogenated alkanes) is 2. The number of allylic oxidation sites excluding steroid dienone is 4. The number of ketones is 2. The number of imide groups is 1. The van der Waals surface area contributed by atoms with E-state index in [9.17, 15) is 37.5 Å². The lowest BCUT2D eigenvalue weighted by atomic mass is 9.44. The summed E-state index contributed by atoms with van der Waals surface area (Å²) in [6.07, 6.45) is -0.736. The largest absolute Gasteiger partial charge is 0.573 e. The van der Waals surface area contributed by atoms with E-state index in [2.05, 4.69) is 4.74 Å². The molecule has 3 aromatic carbocycles. The third-order valence-electron chi connectivity index (χ3n) is 11.3. The number of carbonyl (C=O) groups excluding carboxylic acids is 4. The van der Waals surface area contributed by atoms with Gasteiger partial charge in [-0.15, -0.1) is 13.2 Å². The maximum atomic E-state index is 15.1. The number of alkyl halides is 3. The average molecular weight is 728 g/mol. The van der Waals surface area contributed by atoms with Gasteiger partial charge in [-0.05, 0) is 67.0 Å². The van der Waals surface area contributed by atoms with Crippen LogP contribution in [0.2, 0.25) is 0 Å². The second-order valence-corrected chi connectivity index (χ2v) is 14.1. The zero-order valence-corrected chi connectivity index (χ0v) is 28.4. The van der Waals surface area contributed by atoms with Crippen molar-refractivity contribution in [2.45, 2.75) is 56.2 Å². The molecule has 0 radical (unpaired) electrons. The Kier molecular flexibility index (Phi) is 9.34. The molecule has 274 valence electrons. The van der Waals surface area contributed by atoms with Crippen LogP contribution in [0.15, 0.2) is 96.6 Å². The fourth-order valence-corrected chi connectivity index (χ4v) is 9.19. The summed E-state index contributed by atoms with van der Waals surface area (Å²) in [5.41, 5.74) is -0.294. The van der Waals surface area contributed by atoms with Crippen LogP contribution in [0.3, 0.4) is 0 Å². The van der Waals surface area contributed by atoms with Crippen LogP contribution in [-0.2, 0) is 29.4 Å². The molecule has 6 unspecified atom stereocenters. The number of hydrogen-bond acceptors (Lipinski definition) is 7. The number of Topliss-reactive ketones (excluding diaryl/α,β-unsaturated/α-hetero) is 1. The van der Waals surface area contributed by atoms with Gasteiger partial charge in [-0.1, -0.05) is 78.7 Å². The molecule has 7 rings (SSSR count). The number of nitrogens with zero attached hydrogens (tertiary/aromatic N) is 1. The zero-order chi connectivity index (χ0) is 37.7. The Balaban J connectivity index is 1.40. The maximum Gasteiger partial charge on any atom is 0.573 e. The van der Waals surface area contributed by atoms with E-state index in [4.69, 9.17) is 5.11 Å². The summed E-state index contributed by atoms with van der Waals surface area (Å²) in [5.74, 6) is -8.61. The summed E-state index contributed by atoms with van der Waals surface area (Å²) >= 11 is 0. The molecule has 1 saturated heterocycles. The van der Waals surface area contributed by atoms with Crippen molar-refractivity contribution in [2.75, 3.05) is 6.54 Å². The normalized spacial score (nSPS) is 26.7. The van der Waals surface area contributed by atoms with Gasteiger partial charge in [0.2, 0.25) is 11.8 Å². The predicted molar refractivity (Wildman–Crippen MR) is 184 cm³/mol. The number of carboxylic acids is 1. The fourth-order valence-electron chi connectivity index (χ4n) is 9.19. The van der Waals surface area contributed by atoms with Gasteiger partial charge in [0.15, 0.2) is 11.6 Å². The van der Waals surface area contributed by atoms with Crippen LogP contribution >= 0.6 is 0 Å². The number of phenols is 1. The van der Waals surface area contributed by atoms with E-state index < -0.39 is 76.3 Å². The molecule has 1 saturated carbocycles. The molecule has 0 aromatic heterocycles. The molecule has 2 amide bonds. The minimum absolute atomic E-state index is 0.0158. The van der Waals surface area contributed by atoms with E-state index >= 15 is 4.79 Å². The van der Waals surface area contributed by atoms with E-state index in [1.807, 2.05) is 0 Å². The number of hydrogen-bond donors (Lipinski definition) is 2. The summed E-state index contributed by atoms with van der Waals surface area (Å²) in [6.45, 7) is 0.0864. The van der Waals surface area contributed by atoms with E-state index in [-0.39, 0.29) is 42.9 Å². The molecule has 2 fully saturated rings. The lowest BCUT2D eigenvalue weighted by molar-refractivity contribution is -0.274. The van der Waals surface area contributed by atoms with Crippen molar-refractivity contribution >= 4 is 34.9 Å². The maximum absolute atomic E-state index is 15.1. The molecule has 9 nitrogen and oxygen atoms in total. The van der Waals surface area contributed by atoms with Gasteiger partial charge in [-0.3, -0.25) is 28.9 Å². The van der Waals surface area contributed by atoms with E-state index in [0.717, 1.165) is 18.2 Å². The molecule has 53 heavy (non-hydrogen) atoms. The van der Waals surface area contributed by atoms with Crippen LogP contribution in [0.1, 0.15) is 61.1 Å². The summed E-state index contributed by atoms with van der Waals surface area (Å²) < 4.78 is 44.9. The Morgan fingerprint density at radius 3 is 2.26 bits per heavy atom. The van der Waals surface area contributed by atoms with Crippen molar-refractivity contribution in [3.8, 4) is 11.5 Å². The quantitative estimate of drug-likeness (QED) is 0.133. The van der Waals surface area contributed by atoms with Gasteiger partial charge in [-0.2, -0.15) is 0 Å². The van der Waals surface area contributed by atoms with Crippen LogP contribution in [0.5, 0.6) is 11.5 Å². The van der Waals surface area contributed by atoms with Crippen LogP contribution in [0.25, 0.3) is 5.57 Å². The number of carbonyl (C=O) groups is 5. The molecule has 1 aliphatic heterocycles. The third-order valence-corrected chi connectivity index (χ3v) is 11.3. The minimum Gasteiger partial charge on any atom is -0.508 e. The number of ether oxygens (including phenoxy) is 1. The molecule has 4 aliphatic rings. The molecule has 3 aromatic rings. The number of benzene rings is 3. The van der Waals surface area contributed by atoms with Crippen molar-refractivity contribution in [1.29, 1.82) is 0 Å². The number of rotatable bonds is 10. The topological polar surface area (TPSA) is 138 Å². The SMILES string of the molecule is O=C(O)CCCCCN1C(=O)C2CC=C3C(CC4C(=O)C(c5ccccc5)=CC(=O)C4(c4ccccc4)C3c3cc(OC(F)(F)F)ccc3O)C2C1=O. The summed E-state index contributed by atoms with van der Waals surface area (Å²) in [5, 5.41) is 20.5. The van der Waals surface area contributed by atoms with Gasteiger partial charge in [0.1, 0.15) is 11.5 Å². The lowest BCUT2D eigenvalue weighted by Crippen LogP contribution is -2.58. The van der Waals surface area contributed by atoms with Gasteiger partial charge in [0, 0.05) is 35.9 Å². The number of fused-ring (bicyclic) bond motifs is 4. The Morgan fingerprint density at radius 2 is 1.58 bits per heavy atom. The molecule has 1 heterocycles. The highest BCUT2D eigenvalue weighted by Gasteiger charge is 2.66. The second kappa shape index (κ2) is 13.8. The molecule has 6 atom stereocenters. The number of likely N-dealkylation sites (tertiary alicyclic amines) is 1. The van der Waals surface area contributed by atoms with Gasteiger partial charge >= 0.3 is 12.3 Å². The van der Waals surface area contributed by atoms with Crippen LogP contribution in [0, 0.1) is 23.7 Å². The smallest absolute Gasteiger partial charge is 0.508 e. The molecule has 3 aliphatic carbocycles. The predicted octanol–water partition coefficient (Wildman–Crippen LogP) is 6.76. The van der Waals surface area contributed by atoms with Gasteiger partial charge in [-0.25, -0.2) is 0 Å². The Labute approximate surface area is 302 Å². The highest BCUT2D eigenvalue weighted by molar-refractivity contribution is 6.31. The lowest BCUT2D eigenvalue weighted by Gasteiger charge is -2.55. The van der Waals surface area contributed by atoms with Crippen LogP contribution in [0.4, 0.5) is 13.2 Å². The number of amides is 2. The van der Waals surface area contributed by atoms with Crippen molar-refractivity contribution in [3.05, 3.63) is 113 Å². The van der Waals surface area contributed by atoms with Gasteiger partial charge in [0.05, 0.1) is 17.3 Å². The molecular weight excluding hydrogens is 691 g/mol. The Morgan fingerprint density at radius 1 is 0.887 bits per heavy atom. The van der Waals surface area contributed by atoms with Gasteiger partial charge < -0.3 is 14.9 Å². The molecule has 2 N–H and O–H groups in total. The first-order valence-corrected chi connectivity index (χ1v) is 17.6. The third kappa shape index (κ3) is 6.23. The van der Waals surface area contributed by atoms with Crippen molar-refractivity contribution in [1.82, 2.24) is 4.90 Å². The highest BCUT2D eigenvalue weighted by Crippen LogP contribution is 2.64. The molecular formula is C41H36F3NO8. The molecule has 12 heteroatoms. The van der Waals surface area contributed by atoms with Crippen LogP contribution < -0.4 is 4.74 Å². The average Bonchev–Trinajstić information content (AvgIpc) is 3.37. The molecule has 0 spiro atoms. The number of halogens is 3. The Bertz CT molecular complexity index is 2040. The molecule has 0 bridgehead atoms. The first-order chi connectivity index (χ1) is 25.3. The first-order valence-electron chi connectivity index (χ1n) is 17.6. The highest BCUT2D eigenvalue weighted by atomic mass is 19.4.